The van der Waals surface area contributed by atoms with Crippen LogP contribution in [-0.2, 0) is 4.79 Å². The maximum Gasteiger partial charge on any atom is 0.223 e. The molecule has 2 aromatic heterocycles. The zero-order valence-corrected chi connectivity index (χ0v) is 19.6. The number of piperazine rings is 1. The zero-order chi connectivity index (χ0) is 23.7. The Hall–Kier alpha value is -3.67. The molecule has 0 N–H and O–H groups in total. The fourth-order valence-corrected chi connectivity index (χ4v) is 4.90. The molecule has 5 nitrogen and oxygen atoms in total. The van der Waals surface area contributed by atoms with Gasteiger partial charge in [-0.1, -0.05) is 30.3 Å². The number of imidazole rings is 1. The first-order valence-electron chi connectivity index (χ1n) is 11.8. The molecule has 1 aliphatic heterocycles. The van der Waals surface area contributed by atoms with Gasteiger partial charge in [0.2, 0.25) is 5.91 Å². The maximum atomic E-state index is 14.1. The third-order valence-electron chi connectivity index (χ3n) is 6.77. The fourth-order valence-electron chi connectivity index (χ4n) is 4.90. The van der Waals surface area contributed by atoms with Gasteiger partial charge in [-0.15, -0.1) is 0 Å². The van der Waals surface area contributed by atoms with Crippen LogP contribution in [0.4, 0.5) is 10.1 Å². The standard InChI is InChI=1S/C28H29FN4O/c1-20-10-11-33-26(19-30-27(33)16-20)24(22-7-5-8-23(29)17-22)18-28(34)32-14-12-31(13-15-32)25-9-4-3-6-21(25)2/h3-11,16-17,19,24H,12-15,18H2,1-2H3. The first kappa shape index (κ1) is 22.1. The number of hydrogen-bond donors (Lipinski definition) is 0. The third kappa shape index (κ3) is 4.40. The Balaban J connectivity index is 1.37. The van der Waals surface area contributed by atoms with E-state index in [4.69, 9.17) is 0 Å². The molecule has 6 heteroatoms. The third-order valence-corrected chi connectivity index (χ3v) is 6.77. The second-order valence-electron chi connectivity index (χ2n) is 9.08. The number of carbonyl (C=O) groups excluding carboxylic acids is 1. The van der Waals surface area contributed by atoms with Gasteiger partial charge in [-0.3, -0.25) is 4.79 Å². The molecule has 0 aliphatic carbocycles. The molecule has 2 aromatic carbocycles. The largest absolute Gasteiger partial charge is 0.368 e. The molecule has 1 aliphatic rings. The van der Waals surface area contributed by atoms with Crippen LogP contribution in [0.1, 0.15) is 34.7 Å². The molecule has 4 aromatic rings. The van der Waals surface area contributed by atoms with Gasteiger partial charge in [-0.2, -0.15) is 0 Å². The van der Waals surface area contributed by atoms with Crippen molar-refractivity contribution in [3.8, 4) is 0 Å². The van der Waals surface area contributed by atoms with Crippen LogP contribution in [-0.4, -0.2) is 46.4 Å². The predicted octanol–water partition coefficient (Wildman–Crippen LogP) is 4.96. The molecule has 0 radical (unpaired) electrons. The van der Waals surface area contributed by atoms with Crippen molar-refractivity contribution in [2.45, 2.75) is 26.2 Å². The number of halogens is 1. The summed E-state index contributed by atoms with van der Waals surface area (Å²) in [4.78, 5) is 22.3. The summed E-state index contributed by atoms with van der Waals surface area (Å²) in [6, 6.07) is 19.0. The van der Waals surface area contributed by atoms with Gasteiger partial charge in [-0.25, -0.2) is 9.37 Å². The molecule has 0 spiro atoms. The van der Waals surface area contributed by atoms with Crippen molar-refractivity contribution >= 4 is 17.2 Å². The number of anilines is 1. The van der Waals surface area contributed by atoms with Gasteiger partial charge >= 0.3 is 0 Å². The van der Waals surface area contributed by atoms with Gasteiger partial charge in [0.15, 0.2) is 0 Å². The summed E-state index contributed by atoms with van der Waals surface area (Å²) >= 11 is 0. The van der Waals surface area contributed by atoms with E-state index in [1.165, 1.54) is 23.4 Å². The Labute approximate surface area is 199 Å². The number of benzene rings is 2. The molecule has 5 rings (SSSR count). The van der Waals surface area contributed by atoms with Crippen LogP contribution >= 0.6 is 0 Å². The number of amides is 1. The minimum absolute atomic E-state index is 0.0840. The predicted molar refractivity (Wildman–Crippen MR) is 133 cm³/mol. The Bertz CT molecular complexity index is 1320. The molecule has 3 heterocycles. The van der Waals surface area contributed by atoms with E-state index in [1.54, 1.807) is 6.07 Å². The highest BCUT2D eigenvalue weighted by atomic mass is 19.1. The van der Waals surface area contributed by atoms with Crippen LogP contribution in [0.2, 0.25) is 0 Å². The Morgan fingerprint density at radius 2 is 1.79 bits per heavy atom. The minimum atomic E-state index is -0.300. The lowest BCUT2D eigenvalue weighted by molar-refractivity contribution is -0.131. The van der Waals surface area contributed by atoms with Crippen molar-refractivity contribution in [2.75, 3.05) is 31.1 Å². The Morgan fingerprint density at radius 3 is 2.56 bits per heavy atom. The van der Waals surface area contributed by atoms with E-state index >= 15 is 0 Å². The molecule has 174 valence electrons. The number of rotatable bonds is 5. The molecule has 1 atom stereocenters. The molecule has 1 fully saturated rings. The number of hydrogen-bond acceptors (Lipinski definition) is 3. The van der Waals surface area contributed by atoms with Crippen molar-refractivity contribution in [1.82, 2.24) is 14.3 Å². The highest BCUT2D eigenvalue weighted by Gasteiger charge is 2.27. The molecule has 0 bridgehead atoms. The highest BCUT2D eigenvalue weighted by Crippen LogP contribution is 2.31. The topological polar surface area (TPSA) is 40.9 Å². The van der Waals surface area contributed by atoms with Crippen molar-refractivity contribution < 1.29 is 9.18 Å². The van der Waals surface area contributed by atoms with E-state index in [1.807, 2.05) is 52.9 Å². The van der Waals surface area contributed by atoms with Crippen molar-refractivity contribution in [1.29, 1.82) is 0 Å². The number of carbonyl (C=O) groups is 1. The fraction of sp³-hybridized carbons (Fsp3) is 0.286. The SMILES string of the molecule is Cc1ccn2c(C(CC(=O)N3CCN(c4ccccc4C)CC3)c3cccc(F)c3)cnc2c1. The average Bonchev–Trinajstić information content (AvgIpc) is 3.25. The number of aromatic nitrogens is 2. The van der Waals surface area contributed by atoms with Crippen molar-refractivity contribution in [3.63, 3.8) is 0 Å². The van der Waals surface area contributed by atoms with Crippen LogP contribution in [0.15, 0.2) is 73.1 Å². The summed E-state index contributed by atoms with van der Waals surface area (Å²) < 4.78 is 16.1. The second-order valence-corrected chi connectivity index (χ2v) is 9.08. The summed E-state index contributed by atoms with van der Waals surface area (Å²) in [5.74, 6) is -0.498. The quantitative estimate of drug-likeness (QED) is 0.426. The number of fused-ring (bicyclic) bond motifs is 1. The van der Waals surface area contributed by atoms with E-state index in [9.17, 15) is 9.18 Å². The van der Waals surface area contributed by atoms with Crippen LogP contribution in [0.25, 0.3) is 5.65 Å². The molecule has 0 saturated carbocycles. The monoisotopic (exact) mass is 456 g/mol. The van der Waals surface area contributed by atoms with Gasteiger partial charge in [0.25, 0.3) is 0 Å². The lowest BCUT2D eigenvalue weighted by Gasteiger charge is -2.37. The van der Waals surface area contributed by atoms with Gasteiger partial charge in [0.05, 0.1) is 5.69 Å². The van der Waals surface area contributed by atoms with Gasteiger partial charge in [-0.05, 0) is 60.9 Å². The molecule has 1 amide bonds. The van der Waals surface area contributed by atoms with E-state index in [-0.39, 0.29) is 24.1 Å². The summed E-state index contributed by atoms with van der Waals surface area (Å²) in [6.07, 6.45) is 4.06. The lowest BCUT2D eigenvalue weighted by Crippen LogP contribution is -2.49. The van der Waals surface area contributed by atoms with Crippen LogP contribution in [0.3, 0.4) is 0 Å². The second kappa shape index (κ2) is 9.29. The smallest absolute Gasteiger partial charge is 0.223 e. The molecular formula is C28H29FN4O. The van der Waals surface area contributed by atoms with Crippen molar-refractivity contribution in [3.05, 3.63) is 101 Å². The number of aryl methyl sites for hydroxylation is 2. The maximum absolute atomic E-state index is 14.1. The van der Waals surface area contributed by atoms with Crippen LogP contribution < -0.4 is 4.90 Å². The number of para-hydroxylation sites is 1. The normalized spacial score (nSPS) is 15.0. The summed E-state index contributed by atoms with van der Waals surface area (Å²) in [7, 11) is 0. The number of pyridine rings is 1. The summed E-state index contributed by atoms with van der Waals surface area (Å²) in [5.41, 5.74) is 6.11. The molecular weight excluding hydrogens is 427 g/mol. The van der Waals surface area contributed by atoms with Crippen LogP contribution in [0, 0.1) is 19.7 Å². The summed E-state index contributed by atoms with van der Waals surface area (Å²) in [5, 5.41) is 0. The first-order chi connectivity index (χ1) is 16.5. The van der Waals surface area contributed by atoms with Crippen LogP contribution in [0.5, 0.6) is 0 Å². The van der Waals surface area contributed by atoms with Gasteiger partial charge in [0.1, 0.15) is 11.5 Å². The molecule has 1 unspecified atom stereocenters. The van der Waals surface area contributed by atoms with E-state index < -0.39 is 0 Å². The molecule has 1 saturated heterocycles. The van der Waals surface area contributed by atoms with Gasteiger partial charge in [0, 0.05) is 56.6 Å². The Morgan fingerprint density at radius 1 is 1.00 bits per heavy atom. The number of nitrogens with zero attached hydrogens (tertiary/aromatic N) is 4. The zero-order valence-electron chi connectivity index (χ0n) is 19.6. The molecule has 34 heavy (non-hydrogen) atoms. The average molecular weight is 457 g/mol. The Kier molecular flexibility index (Phi) is 6.05. The first-order valence-corrected chi connectivity index (χ1v) is 11.8. The van der Waals surface area contributed by atoms with Crippen molar-refractivity contribution in [2.24, 2.45) is 0 Å². The lowest BCUT2D eigenvalue weighted by atomic mass is 9.92. The summed E-state index contributed by atoms with van der Waals surface area (Å²) in [6.45, 7) is 7.10. The highest BCUT2D eigenvalue weighted by molar-refractivity contribution is 5.78. The minimum Gasteiger partial charge on any atom is -0.368 e. The van der Waals surface area contributed by atoms with E-state index in [2.05, 4.69) is 35.0 Å². The van der Waals surface area contributed by atoms with E-state index in [0.717, 1.165) is 35.6 Å². The van der Waals surface area contributed by atoms with E-state index in [0.29, 0.717) is 13.1 Å². The van der Waals surface area contributed by atoms with Gasteiger partial charge < -0.3 is 14.2 Å².